The number of nitrogens with zero attached hydrogens (tertiary/aromatic N) is 3. The molecule has 138 valence electrons. The van der Waals surface area contributed by atoms with Gasteiger partial charge in [0, 0.05) is 26.2 Å². The Labute approximate surface area is 147 Å². The molecule has 2 heterocycles. The van der Waals surface area contributed by atoms with Gasteiger partial charge in [-0.05, 0) is 45.1 Å². The van der Waals surface area contributed by atoms with Gasteiger partial charge in [0.1, 0.15) is 5.56 Å². The number of aromatic nitrogens is 2. The summed E-state index contributed by atoms with van der Waals surface area (Å²) >= 11 is 0. The van der Waals surface area contributed by atoms with Gasteiger partial charge in [-0.1, -0.05) is 0 Å². The van der Waals surface area contributed by atoms with E-state index < -0.39 is 21.5 Å². The fourth-order valence-corrected chi connectivity index (χ4v) is 5.08. The number of carbonyl (C=O) groups excluding carboxylic acids is 1. The zero-order chi connectivity index (χ0) is 18.4. The average molecular weight is 368 g/mol. The van der Waals surface area contributed by atoms with E-state index in [0.717, 1.165) is 12.8 Å². The van der Waals surface area contributed by atoms with Crippen LogP contribution in [0.25, 0.3) is 0 Å². The lowest BCUT2D eigenvalue weighted by Gasteiger charge is -2.31. The van der Waals surface area contributed by atoms with Crippen LogP contribution in [-0.2, 0) is 17.1 Å². The van der Waals surface area contributed by atoms with Gasteiger partial charge >= 0.3 is 0 Å². The van der Waals surface area contributed by atoms with Crippen molar-refractivity contribution in [2.45, 2.75) is 50.8 Å². The van der Waals surface area contributed by atoms with Gasteiger partial charge in [0.2, 0.25) is 10.0 Å². The summed E-state index contributed by atoms with van der Waals surface area (Å²) in [6.45, 7) is 4.29. The highest BCUT2D eigenvalue weighted by molar-refractivity contribution is 7.90. The van der Waals surface area contributed by atoms with E-state index in [1.807, 2.05) is 0 Å². The molecular formula is C16H24N4O4S. The van der Waals surface area contributed by atoms with E-state index >= 15 is 0 Å². The number of hydrogen-bond donors (Lipinski definition) is 1. The first kappa shape index (κ1) is 18.1. The fraction of sp³-hybridized carbons (Fsp3) is 0.688. The quantitative estimate of drug-likeness (QED) is 0.811. The zero-order valence-corrected chi connectivity index (χ0v) is 15.6. The molecule has 9 heteroatoms. The largest absolute Gasteiger partial charge is 0.349 e. The second-order valence-electron chi connectivity index (χ2n) is 6.91. The number of carbonyl (C=O) groups is 1. The molecule has 1 amide bonds. The molecule has 1 saturated carbocycles. The van der Waals surface area contributed by atoms with Gasteiger partial charge in [-0.25, -0.2) is 17.4 Å². The molecule has 1 saturated heterocycles. The van der Waals surface area contributed by atoms with Crippen molar-refractivity contribution in [3.63, 3.8) is 0 Å². The number of amides is 1. The maximum atomic E-state index is 12.6. The van der Waals surface area contributed by atoms with Gasteiger partial charge < -0.3 is 5.32 Å². The van der Waals surface area contributed by atoms with Crippen molar-refractivity contribution in [2.24, 2.45) is 7.05 Å². The van der Waals surface area contributed by atoms with Crippen LogP contribution in [0.15, 0.2) is 4.79 Å². The predicted octanol–water partition coefficient (Wildman–Crippen LogP) is 0.0835. The van der Waals surface area contributed by atoms with Crippen molar-refractivity contribution in [1.82, 2.24) is 19.4 Å². The molecule has 1 aliphatic heterocycles. The van der Waals surface area contributed by atoms with Crippen LogP contribution in [0.5, 0.6) is 0 Å². The molecule has 0 aromatic carbocycles. The first-order valence-electron chi connectivity index (χ1n) is 8.56. The van der Waals surface area contributed by atoms with Crippen molar-refractivity contribution < 1.29 is 13.2 Å². The topological polar surface area (TPSA) is 101 Å². The third-order valence-corrected chi connectivity index (χ3v) is 7.45. The second kappa shape index (κ2) is 6.53. The summed E-state index contributed by atoms with van der Waals surface area (Å²) < 4.78 is 27.2. The van der Waals surface area contributed by atoms with E-state index in [9.17, 15) is 18.0 Å². The highest BCUT2D eigenvalue weighted by atomic mass is 32.2. The minimum Gasteiger partial charge on any atom is -0.349 e. The van der Waals surface area contributed by atoms with Crippen LogP contribution in [0.3, 0.4) is 0 Å². The van der Waals surface area contributed by atoms with E-state index in [1.165, 1.54) is 16.0 Å². The number of rotatable bonds is 4. The monoisotopic (exact) mass is 368 g/mol. The summed E-state index contributed by atoms with van der Waals surface area (Å²) in [7, 11) is -1.64. The molecule has 0 unspecified atom stereocenters. The number of aryl methyl sites for hydroxylation is 2. The number of hydrogen-bond acceptors (Lipinski definition) is 5. The van der Waals surface area contributed by atoms with E-state index in [-0.39, 0.29) is 16.9 Å². The van der Waals surface area contributed by atoms with Crippen LogP contribution in [0.1, 0.15) is 47.3 Å². The Kier molecular flexibility index (Phi) is 4.72. The Balaban J connectivity index is 1.67. The van der Waals surface area contributed by atoms with Crippen molar-refractivity contribution >= 4 is 15.9 Å². The molecule has 0 spiro atoms. The Morgan fingerprint density at radius 2 is 1.76 bits per heavy atom. The summed E-state index contributed by atoms with van der Waals surface area (Å²) in [5.74, 6) is -0.410. The molecule has 0 radical (unpaired) electrons. The molecule has 0 bridgehead atoms. The normalized spacial score (nSPS) is 19.8. The van der Waals surface area contributed by atoms with E-state index in [1.54, 1.807) is 13.8 Å². The Hall–Kier alpha value is -1.74. The van der Waals surface area contributed by atoms with Gasteiger partial charge in [0.15, 0.2) is 0 Å². The van der Waals surface area contributed by atoms with E-state index in [0.29, 0.717) is 37.2 Å². The van der Waals surface area contributed by atoms with Gasteiger partial charge in [-0.2, -0.15) is 5.10 Å². The number of nitrogens with one attached hydrogen (secondary N) is 1. The number of sulfonamides is 1. The molecular weight excluding hydrogens is 344 g/mol. The van der Waals surface area contributed by atoms with Crippen LogP contribution >= 0.6 is 0 Å². The predicted molar refractivity (Wildman–Crippen MR) is 93.0 cm³/mol. The second-order valence-corrected chi connectivity index (χ2v) is 9.12. The van der Waals surface area contributed by atoms with Crippen LogP contribution in [0, 0.1) is 13.8 Å². The maximum absolute atomic E-state index is 12.6. The van der Waals surface area contributed by atoms with Crippen molar-refractivity contribution in [3.8, 4) is 0 Å². The van der Waals surface area contributed by atoms with Gasteiger partial charge in [-0.3, -0.25) is 9.59 Å². The molecule has 1 aromatic rings. The SMILES string of the molecule is Cc1nn(C)c(=O)c(C(=O)NC2CCN(S(=O)(=O)C3CC3)CC2)c1C. The molecule has 1 aliphatic carbocycles. The molecule has 3 rings (SSSR count). The van der Waals surface area contributed by atoms with Gasteiger partial charge in [-0.15, -0.1) is 0 Å². The molecule has 1 aromatic heterocycles. The molecule has 8 nitrogen and oxygen atoms in total. The highest BCUT2D eigenvalue weighted by Crippen LogP contribution is 2.32. The summed E-state index contributed by atoms with van der Waals surface area (Å²) in [4.78, 5) is 24.8. The standard InChI is InChI=1S/C16H24N4O4S/c1-10-11(2)18-19(3)16(22)14(10)15(21)17-12-6-8-20(9-7-12)25(23,24)13-4-5-13/h12-13H,4-9H2,1-3H3,(H,17,21). The molecule has 0 atom stereocenters. The van der Waals surface area contributed by atoms with Gasteiger partial charge in [0.05, 0.1) is 10.9 Å². The first-order chi connectivity index (χ1) is 11.7. The fourth-order valence-electron chi connectivity index (χ4n) is 3.20. The molecule has 1 N–H and O–H groups in total. The highest BCUT2D eigenvalue weighted by Gasteiger charge is 2.41. The lowest BCUT2D eigenvalue weighted by Crippen LogP contribution is -2.48. The molecule has 2 fully saturated rings. The van der Waals surface area contributed by atoms with Crippen molar-refractivity contribution in [3.05, 3.63) is 27.2 Å². The van der Waals surface area contributed by atoms with Crippen LogP contribution in [0.4, 0.5) is 0 Å². The smallest absolute Gasteiger partial charge is 0.279 e. The van der Waals surface area contributed by atoms with Crippen molar-refractivity contribution in [1.29, 1.82) is 0 Å². The third kappa shape index (κ3) is 3.48. The van der Waals surface area contributed by atoms with Crippen molar-refractivity contribution in [2.75, 3.05) is 13.1 Å². The van der Waals surface area contributed by atoms with Crippen LogP contribution in [-0.4, -0.2) is 52.8 Å². The minimum absolute atomic E-state index is 0.114. The summed E-state index contributed by atoms with van der Waals surface area (Å²) in [5.41, 5.74) is 0.907. The maximum Gasteiger partial charge on any atom is 0.279 e. The Bertz CT molecular complexity index is 850. The first-order valence-corrected chi connectivity index (χ1v) is 10.1. The Morgan fingerprint density at radius 1 is 1.16 bits per heavy atom. The minimum atomic E-state index is -3.16. The summed E-state index contributed by atoms with van der Waals surface area (Å²) in [5, 5.41) is 6.75. The van der Waals surface area contributed by atoms with E-state index in [2.05, 4.69) is 10.4 Å². The van der Waals surface area contributed by atoms with Crippen LogP contribution < -0.4 is 10.9 Å². The number of piperidine rings is 1. The lowest BCUT2D eigenvalue weighted by molar-refractivity contribution is 0.0920. The zero-order valence-electron chi connectivity index (χ0n) is 14.8. The third-order valence-electron chi connectivity index (χ3n) is 5.05. The van der Waals surface area contributed by atoms with Gasteiger partial charge in [0.25, 0.3) is 11.5 Å². The average Bonchev–Trinajstić information content (AvgIpc) is 3.39. The van der Waals surface area contributed by atoms with Crippen LogP contribution in [0.2, 0.25) is 0 Å². The Morgan fingerprint density at radius 3 is 2.32 bits per heavy atom. The summed E-state index contributed by atoms with van der Waals surface area (Å²) in [6, 6.07) is -0.129. The summed E-state index contributed by atoms with van der Waals surface area (Å²) in [6.07, 6.45) is 2.62. The molecule has 25 heavy (non-hydrogen) atoms. The van der Waals surface area contributed by atoms with E-state index in [4.69, 9.17) is 0 Å². The lowest BCUT2D eigenvalue weighted by atomic mass is 10.0. The molecule has 2 aliphatic rings.